The summed E-state index contributed by atoms with van der Waals surface area (Å²) in [6.45, 7) is 5.39. The lowest BCUT2D eigenvalue weighted by Crippen LogP contribution is -2.22. The predicted octanol–water partition coefficient (Wildman–Crippen LogP) is 5.91. The summed E-state index contributed by atoms with van der Waals surface area (Å²) in [7, 11) is 0. The molecule has 0 spiro atoms. The Morgan fingerprint density at radius 3 is 2.33 bits per heavy atom. The molecule has 2 aromatic rings. The number of allylic oxidation sites excluding steroid dienone is 2. The minimum atomic E-state index is -2.90. The van der Waals surface area contributed by atoms with Crippen molar-refractivity contribution in [2.75, 3.05) is 4.90 Å². The summed E-state index contributed by atoms with van der Waals surface area (Å²) >= 11 is 0. The smallest absolute Gasteiger partial charge is 0.273 e. The van der Waals surface area contributed by atoms with Crippen LogP contribution >= 0.6 is 0 Å². The summed E-state index contributed by atoms with van der Waals surface area (Å²) in [5.41, 5.74) is 1.82. The largest absolute Gasteiger partial charge is 0.342 e. The van der Waals surface area contributed by atoms with E-state index < -0.39 is 17.6 Å². The quantitative estimate of drug-likeness (QED) is 0.624. The van der Waals surface area contributed by atoms with Crippen molar-refractivity contribution < 1.29 is 17.6 Å². The van der Waals surface area contributed by atoms with E-state index in [1.165, 1.54) is 25.3 Å². The summed E-state index contributed by atoms with van der Waals surface area (Å²) in [5.74, 6) is -4.94. The molecule has 138 valence electrons. The summed E-state index contributed by atoms with van der Waals surface area (Å²) in [4.78, 5) is 1.58. The first-order valence-corrected chi connectivity index (χ1v) is 8.31. The third-order valence-corrected chi connectivity index (χ3v) is 4.58. The lowest BCUT2D eigenvalue weighted by atomic mass is 9.94. The zero-order valence-electron chi connectivity index (χ0n) is 14.6. The van der Waals surface area contributed by atoms with Gasteiger partial charge in [-0.3, -0.25) is 0 Å². The highest BCUT2D eigenvalue weighted by atomic mass is 19.3. The van der Waals surface area contributed by atoms with E-state index in [2.05, 4.69) is 6.58 Å². The van der Waals surface area contributed by atoms with Crippen LogP contribution in [0.25, 0.3) is 5.57 Å². The van der Waals surface area contributed by atoms with Crippen molar-refractivity contribution in [1.29, 1.82) is 5.26 Å². The van der Waals surface area contributed by atoms with Crippen molar-refractivity contribution in [3.63, 3.8) is 0 Å². The van der Waals surface area contributed by atoms with Gasteiger partial charge in [0, 0.05) is 36.4 Å². The molecule has 0 radical (unpaired) electrons. The van der Waals surface area contributed by atoms with Gasteiger partial charge in [-0.1, -0.05) is 37.8 Å². The molecule has 27 heavy (non-hydrogen) atoms. The molecule has 2 aromatic carbocycles. The monoisotopic (exact) mass is 372 g/mol. The number of fused-ring (bicyclic) bond motifs is 1. The Morgan fingerprint density at radius 2 is 1.74 bits per heavy atom. The molecular weight excluding hydrogens is 356 g/mol. The van der Waals surface area contributed by atoms with Crippen molar-refractivity contribution >= 4 is 11.3 Å². The number of alkyl halides is 2. The minimum Gasteiger partial charge on any atom is -0.342 e. The van der Waals surface area contributed by atoms with Crippen molar-refractivity contribution in [3.05, 3.63) is 83.1 Å². The van der Waals surface area contributed by atoms with Crippen LogP contribution < -0.4 is 4.90 Å². The first-order valence-electron chi connectivity index (χ1n) is 8.31. The molecule has 0 atom stereocenters. The fourth-order valence-electron chi connectivity index (χ4n) is 2.95. The van der Waals surface area contributed by atoms with Crippen LogP contribution in [0.1, 0.15) is 30.0 Å². The number of hydrogen-bond acceptors (Lipinski definition) is 2. The number of rotatable bonds is 4. The standard InChI is InChI=1S/C21H16F4N2/c1-3-21(24,25)16-6-4-14(5-7-16)11-27-12-15(10-26)13(2)17-8-18(22)19(23)9-20(17)27/h4-9,12H,2-3,11H2,1H3. The van der Waals surface area contributed by atoms with E-state index >= 15 is 0 Å². The first kappa shape index (κ1) is 18.7. The van der Waals surface area contributed by atoms with Gasteiger partial charge in [-0.2, -0.15) is 5.26 Å². The van der Waals surface area contributed by atoms with Gasteiger partial charge in [0.2, 0.25) is 0 Å². The average Bonchev–Trinajstić information content (AvgIpc) is 2.66. The maximum Gasteiger partial charge on any atom is 0.273 e. The second-order valence-electron chi connectivity index (χ2n) is 6.30. The van der Waals surface area contributed by atoms with E-state index in [9.17, 15) is 22.8 Å². The molecule has 0 unspecified atom stereocenters. The van der Waals surface area contributed by atoms with Crippen LogP contribution in [-0.4, -0.2) is 0 Å². The first-order chi connectivity index (χ1) is 12.8. The minimum absolute atomic E-state index is 0.0810. The third-order valence-electron chi connectivity index (χ3n) is 4.58. The second kappa shape index (κ2) is 6.92. The van der Waals surface area contributed by atoms with Gasteiger partial charge in [0.25, 0.3) is 5.92 Å². The number of hydrogen-bond donors (Lipinski definition) is 0. The van der Waals surface area contributed by atoms with Crippen LogP contribution in [0.15, 0.2) is 54.8 Å². The molecule has 0 saturated carbocycles. The Morgan fingerprint density at radius 1 is 1.11 bits per heavy atom. The highest BCUT2D eigenvalue weighted by Crippen LogP contribution is 2.38. The van der Waals surface area contributed by atoms with E-state index in [0.717, 1.165) is 12.1 Å². The molecule has 0 bridgehead atoms. The van der Waals surface area contributed by atoms with Gasteiger partial charge in [-0.25, -0.2) is 17.6 Å². The lowest BCUT2D eigenvalue weighted by Gasteiger charge is -2.29. The van der Waals surface area contributed by atoms with Crippen molar-refractivity contribution in [3.8, 4) is 6.07 Å². The Balaban J connectivity index is 1.97. The summed E-state index contributed by atoms with van der Waals surface area (Å²) in [6.07, 6.45) is 1.20. The zero-order valence-corrected chi connectivity index (χ0v) is 14.6. The molecule has 0 amide bonds. The zero-order chi connectivity index (χ0) is 19.8. The van der Waals surface area contributed by atoms with Crippen LogP contribution in [0, 0.1) is 23.0 Å². The number of halogens is 4. The van der Waals surface area contributed by atoms with E-state index in [4.69, 9.17) is 0 Å². The summed E-state index contributed by atoms with van der Waals surface area (Å²) < 4.78 is 54.9. The van der Waals surface area contributed by atoms with E-state index in [-0.39, 0.29) is 24.1 Å². The highest BCUT2D eigenvalue weighted by molar-refractivity contribution is 5.91. The van der Waals surface area contributed by atoms with E-state index in [1.54, 1.807) is 17.0 Å². The molecule has 2 nitrogen and oxygen atoms in total. The number of benzene rings is 2. The lowest BCUT2D eigenvalue weighted by molar-refractivity contribution is -0.00829. The van der Waals surface area contributed by atoms with Gasteiger partial charge >= 0.3 is 0 Å². The Labute approximate surface area is 154 Å². The Bertz CT molecular complexity index is 969. The maximum absolute atomic E-state index is 13.8. The van der Waals surface area contributed by atoms with Crippen LogP contribution in [0.5, 0.6) is 0 Å². The van der Waals surface area contributed by atoms with Crippen LogP contribution in [-0.2, 0) is 12.5 Å². The molecule has 0 aliphatic carbocycles. The number of nitriles is 1. The second-order valence-corrected chi connectivity index (χ2v) is 6.30. The predicted molar refractivity (Wildman–Crippen MR) is 95.9 cm³/mol. The average molecular weight is 372 g/mol. The molecular formula is C21H16F4N2. The van der Waals surface area contributed by atoms with Gasteiger partial charge < -0.3 is 4.90 Å². The van der Waals surface area contributed by atoms with Gasteiger partial charge in [0.1, 0.15) is 6.07 Å². The van der Waals surface area contributed by atoms with Crippen molar-refractivity contribution in [1.82, 2.24) is 0 Å². The maximum atomic E-state index is 13.8. The summed E-state index contributed by atoms with van der Waals surface area (Å²) in [6, 6.07) is 9.85. The molecule has 1 aliphatic heterocycles. The van der Waals surface area contributed by atoms with E-state index in [1.807, 2.05) is 6.07 Å². The molecule has 6 heteroatoms. The van der Waals surface area contributed by atoms with Crippen LogP contribution in [0.2, 0.25) is 0 Å². The number of nitrogens with zero attached hydrogens (tertiary/aromatic N) is 2. The van der Waals surface area contributed by atoms with Gasteiger partial charge in [-0.05, 0) is 17.2 Å². The Hall–Kier alpha value is -3.07. The topological polar surface area (TPSA) is 27.0 Å². The van der Waals surface area contributed by atoms with Crippen molar-refractivity contribution in [2.45, 2.75) is 25.8 Å². The summed E-state index contributed by atoms with van der Waals surface area (Å²) in [5, 5.41) is 9.29. The normalized spacial score (nSPS) is 13.9. The number of anilines is 1. The SMILES string of the molecule is C=C1C(C#N)=CN(Cc2ccc(C(F)(F)CC)cc2)c2cc(F)c(F)cc21. The molecule has 0 aromatic heterocycles. The van der Waals surface area contributed by atoms with Gasteiger partial charge in [0.15, 0.2) is 11.6 Å². The van der Waals surface area contributed by atoms with Crippen molar-refractivity contribution in [2.24, 2.45) is 0 Å². The molecule has 0 N–H and O–H groups in total. The highest BCUT2D eigenvalue weighted by Gasteiger charge is 2.29. The fraction of sp³-hybridized carbons (Fsp3) is 0.190. The molecule has 0 saturated heterocycles. The molecule has 1 heterocycles. The van der Waals surface area contributed by atoms with Crippen LogP contribution in [0.3, 0.4) is 0 Å². The third kappa shape index (κ3) is 3.45. The Kier molecular flexibility index (Phi) is 4.79. The van der Waals surface area contributed by atoms with Gasteiger partial charge in [-0.15, -0.1) is 0 Å². The van der Waals surface area contributed by atoms with E-state index in [0.29, 0.717) is 22.4 Å². The fourth-order valence-corrected chi connectivity index (χ4v) is 2.95. The molecule has 0 fully saturated rings. The van der Waals surface area contributed by atoms with Crippen LogP contribution in [0.4, 0.5) is 23.2 Å². The molecule has 3 rings (SSSR count). The van der Waals surface area contributed by atoms with Gasteiger partial charge in [0.05, 0.1) is 11.3 Å². The molecule has 1 aliphatic rings.